The van der Waals surface area contributed by atoms with Crippen LogP contribution in [0.4, 0.5) is 8.78 Å². The molecular weight excluding hydrogens is 274 g/mol. The molecule has 0 aliphatic heterocycles. The molecule has 0 aliphatic rings. The van der Waals surface area contributed by atoms with Crippen LogP contribution in [0.1, 0.15) is 53.9 Å². The van der Waals surface area contributed by atoms with E-state index in [1.807, 2.05) is 26.0 Å². The van der Waals surface area contributed by atoms with E-state index in [0.717, 1.165) is 12.0 Å². The lowest BCUT2D eigenvalue weighted by Crippen LogP contribution is -2.27. The fourth-order valence-electron chi connectivity index (χ4n) is 1.80. The van der Waals surface area contributed by atoms with Gasteiger partial charge in [-0.1, -0.05) is 19.1 Å². The molecule has 21 heavy (non-hydrogen) atoms. The number of ether oxygens (including phenoxy) is 1. The first kappa shape index (κ1) is 19.8. The Morgan fingerprint density at radius 3 is 2.48 bits per heavy atom. The van der Waals surface area contributed by atoms with E-state index >= 15 is 0 Å². The van der Waals surface area contributed by atoms with E-state index in [-0.39, 0.29) is 18.3 Å². The molecule has 0 aromatic rings. The molecule has 0 fully saturated rings. The third-order valence-electron chi connectivity index (χ3n) is 3.21. The number of alkyl halides is 2. The highest BCUT2D eigenvalue weighted by atomic mass is 19.2. The Kier molecular flexibility index (Phi) is 9.14. The summed E-state index contributed by atoms with van der Waals surface area (Å²) in [4.78, 5) is 11.2. The maximum absolute atomic E-state index is 13.5. The van der Waals surface area contributed by atoms with Crippen LogP contribution >= 0.6 is 0 Å². The molecule has 0 radical (unpaired) electrons. The van der Waals surface area contributed by atoms with Crippen LogP contribution in [-0.4, -0.2) is 24.4 Å². The van der Waals surface area contributed by atoms with E-state index in [1.165, 1.54) is 19.9 Å². The quantitative estimate of drug-likeness (QED) is 0.342. The lowest BCUT2D eigenvalue weighted by Gasteiger charge is -2.20. The van der Waals surface area contributed by atoms with E-state index in [0.29, 0.717) is 13.0 Å². The van der Waals surface area contributed by atoms with Gasteiger partial charge in [0.15, 0.2) is 0 Å². The number of allylic oxidation sites excluding steroid dienone is 3. The first-order chi connectivity index (χ1) is 9.66. The predicted octanol–water partition coefficient (Wildman–Crippen LogP) is 4.94. The highest BCUT2D eigenvalue weighted by Gasteiger charge is 2.28. The largest absolute Gasteiger partial charge is 0.463 e. The van der Waals surface area contributed by atoms with E-state index in [1.54, 1.807) is 6.92 Å². The molecule has 0 saturated heterocycles. The number of rotatable bonds is 9. The summed E-state index contributed by atoms with van der Waals surface area (Å²) in [6, 6.07) is 0. The van der Waals surface area contributed by atoms with E-state index < -0.39 is 11.8 Å². The molecule has 122 valence electrons. The summed E-state index contributed by atoms with van der Waals surface area (Å²) in [7, 11) is 0. The molecule has 0 heterocycles. The maximum atomic E-state index is 13.5. The normalized spacial score (nSPS) is 16.0. The van der Waals surface area contributed by atoms with Crippen molar-refractivity contribution in [3.8, 4) is 0 Å². The van der Waals surface area contributed by atoms with Crippen LogP contribution in [-0.2, 0) is 9.53 Å². The van der Waals surface area contributed by atoms with Gasteiger partial charge >= 0.3 is 5.97 Å². The molecule has 2 nitrogen and oxygen atoms in total. The van der Waals surface area contributed by atoms with Gasteiger partial charge in [-0.25, -0.2) is 13.6 Å². The molecule has 0 saturated carbocycles. The number of hydrogen-bond acceptors (Lipinski definition) is 2. The van der Waals surface area contributed by atoms with Crippen molar-refractivity contribution >= 4 is 5.97 Å². The summed E-state index contributed by atoms with van der Waals surface area (Å²) in [5.74, 6) is -0.0737. The van der Waals surface area contributed by atoms with Crippen LogP contribution in [0.15, 0.2) is 23.8 Å². The highest BCUT2D eigenvalue weighted by molar-refractivity contribution is 5.83. The van der Waals surface area contributed by atoms with Crippen molar-refractivity contribution in [2.75, 3.05) is 6.61 Å². The Labute approximate surface area is 127 Å². The molecule has 2 unspecified atom stereocenters. The third kappa shape index (κ3) is 10.2. The fraction of sp³-hybridized carbons (Fsp3) is 0.706. The number of carbonyl (C=O) groups is 1. The van der Waals surface area contributed by atoms with Crippen LogP contribution in [0.3, 0.4) is 0 Å². The van der Waals surface area contributed by atoms with Gasteiger partial charge in [-0.05, 0) is 58.4 Å². The number of carbonyl (C=O) groups excluding carboxylic acids is 1. The van der Waals surface area contributed by atoms with E-state index in [2.05, 4.69) is 0 Å². The molecule has 0 bridgehead atoms. The van der Waals surface area contributed by atoms with Crippen molar-refractivity contribution < 1.29 is 18.3 Å². The average molecular weight is 302 g/mol. The number of hydrogen-bond donors (Lipinski definition) is 0. The molecule has 0 amide bonds. The van der Waals surface area contributed by atoms with Gasteiger partial charge in [0, 0.05) is 6.08 Å². The zero-order chi connectivity index (χ0) is 16.5. The van der Waals surface area contributed by atoms with Gasteiger partial charge in [-0.15, -0.1) is 0 Å². The average Bonchev–Trinajstić information content (AvgIpc) is 2.34. The second-order valence-corrected chi connectivity index (χ2v) is 5.99. The van der Waals surface area contributed by atoms with Gasteiger partial charge in [0.05, 0.1) is 6.61 Å². The predicted molar refractivity (Wildman–Crippen MR) is 82.6 cm³/mol. The first-order valence-electron chi connectivity index (χ1n) is 7.51. The summed E-state index contributed by atoms with van der Waals surface area (Å²) < 4.78 is 31.6. The topological polar surface area (TPSA) is 26.3 Å². The van der Waals surface area contributed by atoms with Crippen LogP contribution < -0.4 is 0 Å². The number of esters is 1. The van der Waals surface area contributed by atoms with Crippen molar-refractivity contribution in [3.63, 3.8) is 0 Å². The van der Waals surface area contributed by atoms with Gasteiger partial charge in [0.25, 0.3) is 0 Å². The molecule has 0 aromatic carbocycles. The maximum Gasteiger partial charge on any atom is 0.330 e. The molecule has 0 aromatic heterocycles. The Morgan fingerprint density at radius 1 is 1.33 bits per heavy atom. The van der Waals surface area contributed by atoms with Crippen molar-refractivity contribution in [3.05, 3.63) is 23.8 Å². The molecular formula is C17H28F2O2. The standard InChI is InChI=1S/C17H28F2O2/c1-6-21-16(20)12-14(3)9-7-8-13(2)10-11-15(18)17(4,5)19/h7,9,12-13,15H,6,8,10-11H2,1-5H3/b9-7+,14-12+. The van der Waals surface area contributed by atoms with Crippen molar-refractivity contribution in [2.45, 2.75) is 65.7 Å². The summed E-state index contributed by atoms with van der Waals surface area (Å²) in [5.41, 5.74) is -0.956. The summed E-state index contributed by atoms with van der Waals surface area (Å²) in [6.07, 6.45) is 5.45. The number of halogens is 2. The highest BCUT2D eigenvalue weighted by Crippen LogP contribution is 2.24. The monoisotopic (exact) mass is 302 g/mol. The lowest BCUT2D eigenvalue weighted by atomic mass is 9.94. The minimum absolute atomic E-state index is 0.232. The van der Waals surface area contributed by atoms with Crippen LogP contribution in [0.2, 0.25) is 0 Å². The Balaban J connectivity index is 4.10. The minimum atomic E-state index is -1.77. The molecule has 0 rings (SSSR count). The van der Waals surface area contributed by atoms with Crippen molar-refractivity contribution in [1.82, 2.24) is 0 Å². The second kappa shape index (κ2) is 9.69. The van der Waals surface area contributed by atoms with Gasteiger partial charge in [0.2, 0.25) is 0 Å². The van der Waals surface area contributed by atoms with Crippen LogP contribution in [0, 0.1) is 5.92 Å². The van der Waals surface area contributed by atoms with Crippen LogP contribution in [0.25, 0.3) is 0 Å². The minimum Gasteiger partial charge on any atom is -0.463 e. The van der Waals surface area contributed by atoms with E-state index in [9.17, 15) is 13.6 Å². The van der Waals surface area contributed by atoms with E-state index in [4.69, 9.17) is 4.74 Å². The Hall–Kier alpha value is -1.19. The Bertz CT molecular complexity index is 367. The SMILES string of the molecule is CCOC(=O)/C=C(C)/C=C/CC(C)CCC(F)C(C)(C)F. The van der Waals surface area contributed by atoms with Crippen LogP contribution in [0.5, 0.6) is 0 Å². The fourth-order valence-corrected chi connectivity index (χ4v) is 1.80. The lowest BCUT2D eigenvalue weighted by molar-refractivity contribution is -0.137. The Morgan fingerprint density at radius 2 is 1.95 bits per heavy atom. The first-order valence-corrected chi connectivity index (χ1v) is 7.51. The van der Waals surface area contributed by atoms with Gasteiger partial charge in [-0.2, -0.15) is 0 Å². The van der Waals surface area contributed by atoms with Crippen molar-refractivity contribution in [2.24, 2.45) is 5.92 Å². The third-order valence-corrected chi connectivity index (χ3v) is 3.21. The second-order valence-electron chi connectivity index (χ2n) is 5.99. The molecule has 4 heteroatoms. The van der Waals surface area contributed by atoms with Crippen molar-refractivity contribution in [1.29, 1.82) is 0 Å². The summed E-state index contributed by atoms with van der Waals surface area (Å²) in [5, 5.41) is 0. The zero-order valence-corrected chi connectivity index (χ0v) is 13.8. The zero-order valence-electron chi connectivity index (χ0n) is 13.8. The van der Waals surface area contributed by atoms with Gasteiger partial charge in [0.1, 0.15) is 11.8 Å². The summed E-state index contributed by atoms with van der Waals surface area (Å²) in [6.45, 7) is 8.49. The molecule has 0 spiro atoms. The molecule has 0 aliphatic carbocycles. The molecule has 2 atom stereocenters. The summed E-state index contributed by atoms with van der Waals surface area (Å²) >= 11 is 0. The van der Waals surface area contributed by atoms with Gasteiger partial charge < -0.3 is 4.74 Å². The van der Waals surface area contributed by atoms with Gasteiger partial charge in [-0.3, -0.25) is 0 Å². The smallest absolute Gasteiger partial charge is 0.330 e. The molecule has 0 N–H and O–H groups in total.